The largest absolute Gasteiger partial charge is 0.462 e. The van der Waals surface area contributed by atoms with Crippen molar-refractivity contribution in [3.05, 3.63) is 97.2 Å². The van der Waals surface area contributed by atoms with E-state index in [0.717, 1.165) is 109 Å². The Morgan fingerprint density at radius 1 is 0.253 bits per heavy atom. The second-order valence-electron chi connectivity index (χ2n) is 23.8. The Bertz CT molecular complexity index is 1610. The van der Waals surface area contributed by atoms with Crippen molar-refractivity contribution < 1.29 is 28.6 Å². The summed E-state index contributed by atoms with van der Waals surface area (Å²) in [5.41, 5.74) is 0. The molecule has 0 saturated heterocycles. The van der Waals surface area contributed by atoms with Crippen LogP contribution >= 0.6 is 0 Å². The zero-order chi connectivity index (χ0) is 59.9. The molecule has 0 N–H and O–H groups in total. The van der Waals surface area contributed by atoms with E-state index in [2.05, 4.69) is 118 Å². The molecule has 83 heavy (non-hydrogen) atoms. The first-order valence-electron chi connectivity index (χ1n) is 35.7. The number of esters is 3. The van der Waals surface area contributed by atoms with Gasteiger partial charge >= 0.3 is 17.9 Å². The molecule has 0 amide bonds. The number of carbonyl (C=O) groups excluding carboxylic acids is 3. The topological polar surface area (TPSA) is 78.9 Å². The van der Waals surface area contributed by atoms with Crippen molar-refractivity contribution >= 4 is 17.9 Å². The molecule has 0 bridgehead atoms. The van der Waals surface area contributed by atoms with Gasteiger partial charge in [0.2, 0.25) is 0 Å². The van der Waals surface area contributed by atoms with E-state index in [0.29, 0.717) is 19.3 Å². The van der Waals surface area contributed by atoms with Crippen LogP contribution in [0.1, 0.15) is 355 Å². The third kappa shape index (κ3) is 69.0. The Kier molecular flexibility index (Phi) is 67.7. The zero-order valence-corrected chi connectivity index (χ0v) is 54.9. The Morgan fingerprint density at radius 2 is 0.470 bits per heavy atom. The number of hydrogen-bond acceptors (Lipinski definition) is 6. The minimum atomic E-state index is -0.794. The van der Waals surface area contributed by atoms with Crippen molar-refractivity contribution in [1.82, 2.24) is 0 Å². The molecule has 0 aliphatic heterocycles. The quantitative estimate of drug-likeness (QED) is 0.0261. The molecule has 0 rings (SSSR count). The van der Waals surface area contributed by atoms with E-state index in [4.69, 9.17) is 14.2 Å². The standard InChI is InChI=1S/C77H134O6/c1-4-7-10-13-16-19-22-24-26-28-30-32-34-36-38-40-42-44-46-48-50-52-55-58-61-64-67-70-76(79)82-73-74(72-81-75(78)69-66-63-60-57-54-21-18-15-12-9-6-3)83-77(80)71-68-65-62-59-56-53-51-49-47-45-43-41-39-37-35-33-31-29-27-25-23-20-17-14-11-8-5-2/h7,10,16,19,24,26,30,32,36,38,42,44,48,50,55,58,74H,4-6,8-9,11-15,17-18,20-23,25,27-29,31,33-35,37,39-41,43,45-47,49,51-54,56-57,59-73H2,1-3H3/b10-7-,19-16-,26-24-,32-30-,38-36-,44-42-,50-48-,58-55-. The summed E-state index contributed by atoms with van der Waals surface area (Å²) in [6, 6.07) is 0. The third-order valence-corrected chi connectivity index (χ3v) is 15.6. The van der Waals surface area contributed by atoms with Gasteiger partial charge in [-0.1, -0.05) is 349 Å². The van der Waals surface area contributed by atoms with Gasteiger partial charge in [-0.15, -0.1) is 0 Å². The maximum Gasteiger partial charge on any atom is 0.306 e. The number of unbranched alkanes of at least 4 members (excludes halogenated alkanes) is 38. The summed E-state index contributed by atoms with van der Waals surface area (Å²) >= 11 is 0. The van der Waals surface area contributed by atoms with E-state index >= 15 is 0 Å². The Balaban J connectivity index is 4.29. The lowest BCUT2D eigenvalue weighted by atomic mass is 10.0. The smallest absolute Gasteiger partial charge is 0.306 e. The zero-order valence-electron chi connectivity index (χ0n) is 54.9. The van der Waals surface area contributed by atoms with Crippen LogP contribution in [0.4, 0.5) is 0 Å². The first kappa shape index (κ1) is 79.3. The molecule has 478 valence electrons. The fourth-order valence-electron chi connectivity index (χ4n) is 10.3. The number of allylic oxidation sites excluding steroid dienone is 16. The summed E-state index contributed by atoms with van der Waals surface area (Å²) in [6.07, 6.45) is 95.9. The fourth-order valence-corrected chi connectivity index (χ4v) is 10.3. The number of ether oxygens (including phenoxy) is 3. The van der Waals surface area contributed by atoms with Crippen molar-refractivity contribution in [3.63, 3.8) is 0 Å². The maximum absolute atomic E-state index is 12.9. The molecule has 6 heteroatoms. The molecule has 0 fully saturated rings. The Labute approximate surface area is 515 Å². The Hall–Kier alpha value is -3.67. The molecule has 0 aliphatic rings. The van der Waals surface area contributed by atoms with Gasteiger partial charge in [0, 0.05) is 19.3 Å². The average Bonchev–Trinajstić information content (AvgIpc) is 3.48. The summed E-state index contributed by atoms with van der Waals surface area (Å²) in [6.45, 7) is 6.53. The molecule has 0 aromatic rings. The summed E-state index contributed by atoms with van der Waals surface area (Å²) in [7, 11) is 0. The highest BCUT2D eigenvalue weighted by molar-refractivity contribution is 5.71. The average molecular weight is 1160 g/mol. The van der Waals surface area contributed by atoms with E-state index < -0.39 is 6.10 Å². The second kappa shape index (κ2) is 70.8. The van der Waals surface area contributed by atoms with Crippen molar-refractivity contribution in [2.75, 3.05) is 13.2 Å². The van der Waals surface area contributed by atoms with Crippen LogP contribution in [0.5, 0.6) is 0 Å². The van der Waals surface area contributed by atoms with Crippen molar-refractivity contribution in [1.29, 1.82) is 0 Å². The molecule has 1 atom stereocenters. The van der Waals surface area contributed by atoms with Gasteiger partial charge in [-0.2, -0.15) is 0 Å². The van der Waals surface area contributed by atoms with Gasteiger partial charge in [0.05, 0.1) is 0 Å². The molecule has 0 spiro atoms. The lowest BCUT2D eigenvalue weighted by Gasteiger charge is -2.18. The van der Waals surface area contributed by atoms with Crippen LogP contribution < -0.4 is 0 Å². The monoisotopic (exact) mass is 1160 g/mol. The van der Waals surface area contributed by atoms with Gasteiger partial charge in [0.15, 0.2) is 6.10 Å². The molecule has 0 saturated carbocycles. The van der Waals surface area contributed by atoms with Crippen LogP contribution in [0.3, 0.4) is 0 Å². The van der Waals surface area contributed by atoms with Crippen molar-refractivity contribution in [2.45, 2.75) is 361 Å². The molecule has 0 aliphatic carbocycles. The lowest BCUT2D eigenvalue weighted by Crippen LogP contribution is -2.30. The molecule has 0 aromatic heterocycles. The van der Waals surface area contributed by atoms with Crippen LogP contribution in [-0.4, -0.2) is 37.2 Å². The fraction of sp³-hybridized carbons (Fsp3) is 0.753. The van der Waals surface area contributed by atoms with Crippen LogP contribution in [0.15, 0.2) is 97.2 Å². The maximum atomic E-state index is 12.9. The highest BCUT2D eigenvalue weighted by Crippen LogP contribution is 2.18. The predicted molar refractivity (Wildman–Crippen MR) is 362 cm³/mol. The minimum absolute atomic E-state index is 0.0872. The molecule has 0 heterocycles. The molecular weight excluding hydrogens is 1020 g/mol. The SMILES string of the molecule is CC/C=C\C/C=C\C/C=C\C/C=C\C/C=C\C/C=C\C/C=C\C/C=C\CCCCC(=O)OCC(COC(=O)CCCCCCCCCCCCC)OC(=O)CCCCCCCCCCCCCCCCCCCCCCCCCCCCC. The van der Waals surface area contributed by atoms with Gasteiger partial charge in [0.1, 0.15) is 13.2 Å². The van der Waals surface area contributed by atoms with Gasteiger partial charge in [-0.05, 0) is 83.5 Å². The van der Waals surface area contributed by atoms with E-state index in [1.807, 2.05) is 0 Å². The van der Waals surface area contributed by atoms with Gasteiger partial charge < -0.3 is 14.2 Å². The molecule has 1 unspecified atom stereocenters. The highest BCUT2D eigenvalue weighted by Gasteiger charge is 2.19. The molecule has 6 nitrogen and oxygen atoms in total. The third-order valence-electron chi connectivity index (χ3n) is 15.6. The van der Waals surface area contributed by atoms with Crippen LogP contribution in [0, 0.1) is 0 Å². The first-order chi connectivity index (χ1) is 41.0. The van der Waals surface area contributed by atoms with Crippen LogP contribution in [0.25, 0.3) is 0 Å². The predicted octanol–water partition coefficient (Wildman–Crippen LogP) is 24.8. The molecule has 0 aromatic carbocycles. The minimum Gasteiger partial charge on any atom is -0.462 e. The summed E-state index contributed by atoms with van der Waals surface area (Å²) in [5, 5.41) is 0. The van der Waals surface area contributed by atoms with E-state index in [9.17, 15) is 14.4 Å². The summed E-state index contributed by atoms with van der Waals surface area (Å²) in [5.74, 6) is -0.917. The number of hydrogen-bond donors (Lipinski definition) is 0. The van der Waals surface area contributed by atoms with Gasteiger partial charge in [-0.25, -0.2) is 0 Å². The lowest BCUT2D eigenvalue weighted by molar-refractivity contribution is -0.167. The van der Waals surface area contributed by atoms with E-state index in [1.54, 1.807) is 0 Å². The van der Waals surface area contributed by atoms with Crippen LogP contribution in [0.2, 0.25) is 0 Å². The molecular formula is C77H134O6. The van der Waals surface area contributed by atoms with E-state index in [-0.39, 0.29) is 31.1 Å². The summed E-state index contributed by atoms with van der Waals surface area (Å²) < 4.78 is 16.9. The normalized spacial score (nSPS) is 12.7. The van der Waals surface area contributed by atoms with Crippen LogP contribution in [-0.2, 0) is 28.6 Å². The van der Waals surface area contributed by atoms with E-state index in [1.165, 1.54) is 205 Å². The second-order valence-corrected chi connectivity index (χ2v) is 23.8. The molecule has 0 radical (unpaired) electrons. The van der Waals surface area contributed by atoms with Gasteiger partial charge in [0.25, 0.3) is 0 Å². The van der Waals surface area contributed by atoms with Gasteiger partial charge in [-0.3, -0.25) is 14.4 Å². The highest BCUT2D eigenvalue weighted by atomic mass is 16.6. The number of rotatable bonds is 65. The number of carbonyl (C=O) groups is 3. The van der Waals surface area contributed by atoms with Crippen molar-refractivity contribution in [2.24, 2.45) is 0 Å². The van der Waals surface area contributed by atoms with Crippen molar-refractivity contribution in [3.8, 4) is 0 Å². The Morgan fingerprint density at radius 3 is 0.735 bits per heavy atom. The first-order valence-corrected chi connectivity index (χ1v) is 35.7. The summed E-state index contributed by atoms with van der Waals surface area (Å²) in [4.78, 5) is 38.4.